The summed E-state index contributed by atoms with van der Waals surface area (Å²) in [7, 11) is 0. The third-order valence-corrected chi connectivity index (χ3v) is 2.64. The summed E-state index contributed by atoms with van der Waals surface area (Å²) >= 11 is 4.75. The molecule has 0 amide bonds. The number of benzene rings is 1. The fourth-order valence-corrected chi connectivity index (χ4v) is 1.70. The van der Waals surface area contributed by atoms with Gasteiger partial charge in [0.25, 0.3) is 0 Å². The van der Waals surface area contributed by atoms with Crippen LogP contribution in [0.4, 0.5) is 0 Å². The molecule has 0 unspecified atom stereocenters. The molecular formula is C13H14N2OS. The standard InChI is InChI=1S/C13H14N2OS/c17-9-3-8-16-10-11-4-1-2-5-12(11)13-14-6-7-15-13/h1-2,4-7,9H,3,8,10H2,(H,14,15). The highest BCUT2D eigenvalue weighted by atomic mass is 32.1. The number of aromatic nitrogens is 2. The normalized spacial score (nSPS) is 10.4. The molecule has 0 aliphatic rings. The van der Waals surface area contributed by atoms with Crippen LogP contribution in [0, 0.1) is 0 Å². The van der Waals surface area contributed by atoms with Crippen molar-refractivity contribution in [2.24, 2.45) is 0 Å². The predicted molar refractivity (Wildman–Crippen MR) is 72.0 cm³/mol. The Morgan fingerprint density at radius 3 is 3.00 bits per heavy atom. The summed E-state index contributed by atoms with van der Waals surface area (Å²) in [6.07, 6.45) is 4.37. The fraction of sp³-hybridized carbons (Fsp3) is 0.231. The van der Waals surface area contributed by atoms with E-state index in [1.807, 2.05) is 24.4 Å². The first-order valence-corrected chi connectivity index (χ1v) is 5.98. The number of hydrogen-bond acceptors (Lipinski definition) is 3. The van der Waals surface area contributed by atoms with Crippen LogP contribution < -0.4 is 0 Å². The lowest BCUT2D eigenvalue weighted by Gasteiger charge is -2.07. The predicted octanol–water partition coefficient (Wildman–Crippen LogP) is 2.98. The Hall–Kier alpha value is -1.52. The number of imidazole rings is 1. The number of thiocarbonyl (C=S) groups is 1. The molecule has 2 aromatic rings. The van der Waals surface area contributed by atoms with Crippen LogP contribution in [0.5, 0.6) is 0 Å². The van der Waals surface area contributed by atoms with Gasteiger partial charge in [-0.1, -0.05) is 36.5 Å². The van der Waals surface area contributed by atoms with Gasteiger partial charge in [-0.2, -0.15) is 0 Å². The summed E-state index contributed by atoms with van der Waals surface area (Å²) in [6.45, 7) is 1.25. The van der Waals surface area contributed by atoms with Crippen molar-refractivity contribution in [3.8, 4) is 11.4 Å². The van der Waals surface area contributed by atoms with Crippen LogP contribution in [0.1, 0.15) is 12.0 Å². The number of ether oxygens (including phenoxy) is 1. The van der Waals surface area contributed by atoms with Gasteiger partial charge in [0.05, 0.1) is 13.2 Å². The molecular weight excluding hydrogens is 232 g/mol. The third kappa shape index (κ3) is 3.22. The zero-order valence-corrected chi connectivity index (χ0v) is 10.2. The molecule has 0 aliphatic carbocycles. The molecule has 0 saturated carbocycles. The Kier molecular flexibility index (Phi) is 4.41. The SMILES string of the molecule is S=CCCOCc1ccccc1-c1ncc[nH]1. The van der Waals surface area contributed by atoms with Gasteiger partial charge >= 0.3 is 0 Å². The summed E-state index contributed by atoms with van der Waals surface area (Å²) in [5, 5.41) is 1.69. The fourth-order valence-electron chi connectivity index (χ4n) is 1.60. The van der Waals surface area contributed by atoms with E-state index in [9.17, 15) is 0 Å². The number of nitrogens with one attached hydrogen (secondary N) is 1. The van der Waals surface area contributed by atoms with Crippen molar-refractivity contribution in [3.05, 3.63) is 42.2 Å². The van der Waals surface area contributed by atoms with E-state index in [1.54, 1.807) is 11.6 Å². The highest BCUT2D eigenvalue weighted by Gasteiger charge is 2.05. The van der Waals surface area contributed by atoms with Crippen LogP contribution in [0.25, 0.3) is 11.4 Å². The van der Waals surface area contributed by atoms with Crippen LogP contribution in [0.15, 0.2) is 36.7 Å². The highest BCUT2D eigenvalue weighted by molar-refractivity contribution is 7.78. The molecule has 4 heteroatoms. The van der Waals surface area contributed by atoms with E-state index in [-0.39, 0.29) is 0 Å². The second-order valence-electron chi connectivity index (χ2n) is 3.60. The van der Waals surface area contributed by atoms with Crippen molar-refractivity contribution in [1.29, 1.82) is 0 Å². The first kappa shape index (κ1) is 12.0. The van der Waals surface area contributed by atoms with Crippen LogP contribution in [-0.4, -0.2) is 21.9 Å². The molecule has 1 N–H and O–H groups in total. The number of H-pyrrole nitrogens is 1. The zero-order chi connectivity index (χ0) is 11.9. The maximum atomic E-state index is 5.56. The molecule has 0 atom stereocenters. The van der Waals surface area contributed by atoms with Crippen LogP contribution in [0.2, 0.25) is 0 Å². The maximum Gasteiger partial charge on any atom is 0.137 e. The lowest BCUT2D eigenvalue weighted by atomic mass is 10.1. The zero-order valence-electron chi connectivity index (χ0n) is 9.43. The Balaban J connectivity index is 2.09. The monoisotopic (exact) mass is 246 g/mol. The van der Waals surface area contributed by atoms with Crippen molar-refractivity contribution in [2.75, 3.05) is 6.61 Å². The van der Waals surface area contributed by atoms with Gasteiger partial charge in [0.1, 0.15) is 5.82 Å². The number of hydrogen-bond donors (Lipinski definition) is 1. The molecule has 2 rings (SSSR count). The molecule has 0 radical (unpaired) electrons. The molecule has 0 fully saturated rings. The minimum Gasteiger partial charge on any atom is -0.376 e. The molecule has 0 saturated heterocycles. The van der Waals surface area contributed by atoms with Crippen molar-refractivity contribution in [3.63, 3.8) is 0 Å². The molecule has 0 bridgehead atoms. The van der Waals surface area contributed by atoms with Crippen LogP contribution in [0.3, 0.4) is 0 Å². The van der Waals surface area contributed by atoms with Crippen LogP contribution in [-0.2, 0) is 11.3 Å². The average molecular weight is 246 g/mol. The molecule has 17 heavy (non-hydrogen) atoms. The quantitative estimate of drug-likeness (QED) is 0.629. The average Bonchev–Trinajstić information content (AvgIpc) is 2.89. The van der Waals surface area contributed by atoms with Gasteiger partial charge in [-0.05, 0) is 17.4 Å². The Labute approximate surface area is 106 Å². The summed E-state index contributed by atoms with van der Waals surface area (Å²) in [6, 6.07) is 8.09. The first-order valence-electron chi connectivity index (χ1n) is 5.51. The second kappa shape index (κ2) is 6.27. The van der Waals surface area contributed by atoms with E-state index in [4.69, 9.17) is 17.0 Å². The highest BCUT2D eigenvalue weighted by Crippen LogP contribution is 2.20. The molecule has 88 valence electrons. The van der Waals surface area contributed by atoms with E-state index in [2.05, 4.69) is 16.0 Å². The van der Waals surface area contributed by atoms with Gasteiger partial charge in [-0.15, -0.1) is 0 Å². The van der Waals surface area contributed by atoms with Gasteiger partial charge in [-0.3, -0.25) is 0 Å². The molecule has 1 aromatic carbocycles. The minimum atomic E-state index is 0.583. The minimum absolute atomic E-state index is 0.583. The summed E-state index contributed by atoms with van der Waals surface area (Å²) in [5.74, 6) is 0.874. The van der Waals surface area contributed by atoms with Crippen molar-refractivity contribution in [2.45, 2.75) is 13.0 Å². The first-order chi connectivity index (χ1) is 8.42. The van der Waals surface area contributed by atoms with E-state index in [0.717, 1.165) is 23.4 Å². The molecule has 0 aliphatic heterocycles. The summed E-state index contributed by atoms with van der Waals surface area (Å²) < 4.78 is 5.56. The largest absolute Gasteiger partial charge is 0.376 e. The summed E-state index contributed by atoms with van der Waals surface area (Å²) in [4.78, 5) is 7.36. The van der Waals surface area contributed by atoms with Crippen molar-refractivity contribution >= 4 is 17.6 Å². The lowest BCUT2D eigenvalue weighted by Crippen LogP contribution is -1.98. The van der Waals surface area contributed by atoms with Crippen molar-refractivity contribution in [1.82, 2.24) is 9.97 Å². The maximum absolute atomic E-state index is 5.56. The van der Waals surface area contributed by atoms with Crippen LogP contribution >= 0.6 is 12.2 Å². The number of aromatic amines is 1. The lowest BCUT2D eigenvalue weighted by molar-refractivity contribution is 0.129. The Morgan fingerprint density at radius 1 is 1.35 bits per heavy atom. The second-order valence-corrected chi connectivity index (χ2v) is 3.94. The molecule has 1 heterocycles. The van der Waals surface area contributed by atoms with Gasteiger partial charge in [0.2, 0.25) is 0 Å². The van der Waals surface area contributed by atoms with Gasteiger partial charge in [-0.25, -0.2) is 4.98 Å². The Morgan fingerprint density at radius 2 is 2.24 bits per heavy atom. The molecule has 1 aromatic heterocycles. The van der Waals surface area contributed by atoms with E-state index in [1.165, 1.54) is 0 Å². The topological polar surface area (TPSA) is 37.9 Å². The van der Waals surface area contributed by atoms with Gasteiger partial charge in [0, 0.05) is 18.0 Å². The van der Waals surface area contributed by atoms with Gasteiger partial charge < -0.3 is 9.72 Å². The number of nitrogens with zero attached hydrogens (tertiary/aromatic N) is 1. The molecule has 3 nitrogen and oxygen atoms in total. The smallest absolute Gasteiger partial charge is 0.137 e. The third-order valence-electron chi connectivity index (χ3n) is 2.41. The van der Waals surface area contributed by atoms with Crippen molar-refractivity contribution < 1.29 is 4.74 Å². The number of rotatable bonds is 6. The van der Waals surface area contributed by atoms with Gasteiger partial charge in [0.15, 0.2) is 0 Å². The summed E-state index contributed by atoms with van der Waals surface area (Å²) in [5.41, 5.74) is 2.21. The van der Waals surface area contributed by atoms with E-state index < -0.39 is 0 Å². The van der Waals surface area contributed by atoms with E-state index in [0.29, 0.717) is 13.2 Å². The Bertz CT molecular complexity index is 468. The molecule has 0 spiro atoms. The van der Waals surface area contributed by atoms with E-state index >= 15 is 0 Å².